The molecule has 1 amide bonds. The fourth-order valence-electron chi connectivity index (χ4n) is 2.95. The summed E-state index contributed by atoms with van der Waals surface area (Å²) in [5, 5.41) is 16.5. The normalized spacial score (nSPS) is 24.7. The third kappa shape index (κ3) is 4.18. The van der Waals surface area contributed by atoms with E-state index < -0.39 is 6.10 Å². The van der Waals surface area contributed by atoms with Crippen LogP contribution in [0.15, 0.2) is 60.7 Å². The summed E-state index contributed by atoms with van der Waals surface area (Å²) in [6, 6.07) is 19.3. The van der Waals surface area contributed by atoms with Crippen LogP contribution >= 0.6 is 0 Å². The van der Waals surface area contributed by atoms with E-state index >= 15 is 0 Å². The van der Waals surface area contributed by atoms with E-state index in [4.69, 9.17) is 0 Å². The molecule has 4 nitrogen and oxygen atoms in total. The average Bonchev–Trinajstić information content (AvgIpc) is 2.71. The summed E-state index contributed by atoms with van der Waals surface area (Å²) in [5.74, 6) is -0.0497. The maximum atomic E-state index is 12.5. The molecule has 4 heteroatoms. The van der Waals surface area contributed by atoms with Gasteiger partial charge in [0.05, 0.1) is 18.2 Å². The number of aliphatic hydroxyl groups is 1. The molecule has 3 N–H and O–H groups in total. The van der Waals surface area contributed by atoms with Crippen molar-refractivity contribution in [3.8, 4) is 0 Å². The Balaban J connectivity index is 1.66. The van der Waals surface area contributed by atoms with Gasteiger partial charge in [0.25, 0.3) is 0 Å². The van der Waals surface area contributed by atoms with Crippen molar-refractivity contribution < 1.29 is 9.90 Å². The second-order valence-corrected chi connectivity index (χ2v) is 6.02. The van der Waals surface area contributed by atoms with Gasteiger partial charge in [0, 0.05) is 6.54 Å². The monoisotopic (exact) mass is 310 g/mol. The summed E-state index contributed by atoms with van der Waals surface area (Å²) >= 11 is 0. The number of aliphatic hydroxyl groups excluding tert-OH is 1. The quantitative estimate of drug-likeness (QED) is 0.797. The van der Waals surface area contributed by atoms with Crippen LogP contribution < -0.4 is 10.6 Å². The first-order chi connectivity index (χ1) is 11.2. The van der Waals surface area contributed by atoms with Crippen molar-refractivity contribution in [2.45, 2.75) is 31.0 Å². The molecule has 0 saturated carbocycles. The van der Waals surface area contributed by atoms with Crippen molar-refractivity contribution in [1.29, 1.82) is 0 Å². The maximum Gasteiger partial charge on any atom is 0.237 e. The van der Waals surface area contributed by atoms with Crippen molar-refractivity contribution in [2.24, 2.45) is 0 Å². The van der Waals surface area contributed by atoms with Gasteiger partial charge in [-0.25, -0.2) is 0 Å². The van der Waals surface area contributed by atoms with E-state index in [9.17, 15) is 9.90 Å². The van der Waals surface area contributed by atoms with Gasteiger partial charge in [0.2, 0.25) is 5.91 Å². The van der Waals surface area contributed by atoms with E-state index in [1.54, 1.807) is 0 Å². The summed E-state index contributed by atoms with van der Waals surface area (Å²) in [6.07, 6.45) is 0.658. The number of carbonyl (C=O) groups is 1. The Bertz CT molecular complexity index is 630. The number of hydrogen-bond donors (Lipinski definition) is 3. The molecule has 0 aliphatic carbocycles. The summed E-state index contributed by atoms with van der Waals surface area (Å²) in [6.45, 7) is 0.410. The van der Waals surface area contributed by atoms with E-state index in [0.29, 0.717) is 19.4 Å². The number of benzene rings is 2. The molecular weight excluding hydrogens is 288 g/mol. The lowest BCUT2D eigenvalue weighted by Gasteiger charge is -2.21. The van der Waals surface area contributed by atoms with E-state index in [1.807, 2.05) is 60.7 Å². The minimum atomic E-state index is -0.597. The Labute approximate surface area is 136 Å². The Kier molecular flexibility index (Phi) is 5.05. The number of hydrogen-bond acceptors (Lipinski definition) is 3. The zero-order chi connectivity index (χ0) is 16.1. The molecule has 1 fully saturated rings. The second kappa shape index (κ2) is 7.40. The van der Waals surface area contributed by atoms with Gasteiger partial charge in [-0.15, -0.1) is 0 Å². The van der Waals surface area contributed by atoms with Crippen molar-refractivity contribution in [1.82, 2.24) is 10.6 Å². The van der Waals surface area contributed by atoms with Crippen LogP contribution in [0.2, 0.25) is 0 Å². The van der Waals surface area contributed by atoms with Crippen molar-refractivity contribution in [3.63, 3.8) is 0 Å². The average molecular weight is 310 g/mol. The van der Waals surface area contributed by atoms with Crippen LogP contribution in [0.1, 0.15) is 11.1 Å². The van der Waals surface area contributed by atoms with Crippen LogP contribution in [0, 0.1) is 0 Å². The molecule has 0 bridgehead atoms. The third-order valence-corrected chi connectivity index (χ3v) is 4.26. The summed E-state index contributed by atoms with van der Waals surface area (Å²) in [7, 11) is 0. The first kappa shape index (κ1) is 15.7. The maximum absolute atomic E-state index is 12.5. The van der Waals surface area contributed by atoms with Crippen LogP contribution in [-0.4, -0.2) is 35.7 Å². The Morgan fingerprint density at radius 3 is 2.09 bits per heavy atom. The standard InChI is InChI=1S/C19H22N2O2/c22-18-13-20-17(12-15-9-5-2-6-10-15)19(23)21-16(18)11-14-7-3-1-4-8-14/h1-10,16-18,20,22H,11-13H2,(H,21,23). The number of β-amino-alcohol motifs (C(OH)–C–C–N with tert-alkyl or cyclic N) is 1. The smallest absolute Gasteiger partial charge is 0.237 e. The van der Waals surface area contributed by atoms with E-state index in [0.717, 1.165) is 11.1 Å². The summed E-state index contributed by atoms with van der Waals surface area (Å²) < 4.78 is 0. The van der Waals surface area contributed by atoms with Crippen LogP contribution in [0.4, 0.5) is 0 Å². The largest absolute Gasteiger partial charge is 0.390 e. The number of rotatable bonds is 4. The molecule has 3 rings (SSSR count). The molecular formula is C19H22N2O2. The topological polar surface area (TPSA) is 61.4 Å². The van der Waals surface area contributed by atoms with Crippen LogP contribution in [-0.2, 0) is 17.6 Å². The molecule has 1 aliphatic heterocycles. The van der Waals surface area contributed by atoms with Crippen molar-refractivity contribution in [2.75, 3.05) is 6.54 Å². The van der Waals surface area contributed by atoms with E-state index in [2.05, 4.69) is 10.6 Å². The van der Waals surface area contributed by atoms with E-state index in [1.165, 1.54) is 0 Å². The fourth-order valence-corrected chi connectivity index (χ4v) is 2.95. The van der Waals surface area contributed by atoms with Crippen LogP contribution in [0.3, 0.4) is 0 Å². The molecule has 1 aliphatic rings. The first-order valence-electron chi connectivity index (χ1n) is 8.02. The van der Waals surface area contributed by atoms with Gasteiger partial charge in [-0.1, -0.05) is 60.7 Å². The minimum absolute atomic E-state index is 0.0497. The zero-order valence-corrected chi connectivity index (χ0v) is 13.0. The number of carbonyl (C=O) groups excluding carboxylic acids is 1. The van der Waals surface area contributed by atoms with Gasteiger partial charge in [0.1, 0.15) is 0 Å². The van der Waals surface area contributed by atoms with Gasteiger partial charge in [0.15, 0.2) is 0 Å². The van der Waals surface area contributed by atoms with Gasteiger partial charge in [-0.05, 0) is 24.0 Å². The lowest BCUT2D eigenvalue weighted by atomic mass is 10.0. The highest BCUT2D eigenvalue weighted by molar-refractivity contribution is 5.82. The van der Waals surface area contributed by atoms with Gasteiger partial charge in [-0.2, -0.15) is 0 Å². The molecule has 3 unspecified atom stereocenters. The highest BCUT2D eigenvalue weighted by atomic mass is 16.3. The zero-order valence-electron chi connectivity index (χ0n) is 13.0. The van der Waals surface area contributed by atoms with Crippen LogP contribution in [0.25, 0.3) is 0 Å². The van der Waals surface area contributed by atoms with Crippen LogP contribution in [0.5, 0.6) is 0 Å². The second-order valence-electron chi connectivity index (χ2n) is 6.02. The Morgan fingerprint density at radius 1 is 0.913 bits per heavy atom. The fraction of sp³-hybridized carbons (Fsp3) is 0.316. The number of nitrogens with one attached hydrogen (secondary N) is 2. The predicted molar refractivity (Wildman–Crippen MR) is 90.0 cm³/mol. The van der Waals surface area contributed by atoms with Gasteiger partial charge >= 0.3 is 0 Å². The SMILES string of the molecule is O=C1NC(Cc2ccccc2)C(O)CNC1Cc1ccccc1. The number of amides is 1. The first-order valence-corrected chi connectivity index (χ1v) is 8.02. The molecule has 2 aromatic carbocycles. The highest BCUT2D eigenvalue weighted by Crippen LogP contribution is 2.11. The molecule has 0 spiro atoms. The third-order valence-electron chi connectivity index (χ3n) is 4.26. The molecule has 0 radical (unpaired) electrons. The molecule has 3 atom stereocenters. The molecule has 2 aromatic rings. The lowest BCUT2D eigenvalue weighted by molar-refractivity contribution is -0.123. The van der Waals surface area contributed by atoms with E-state index in [-0.39, 0.29) is 18.0 Å². The Morgan fingerprint density at radius 2 is 1.48 bits per heavy atom. The summed E-state index contributed by atoms with van der Waals surface area (Å²) in [5.41, 5.74) is 2.22. The highest BCUT2D eigenvalue weighted by Gasteiger charge is 2.30. The molecule has 120 valence electrons. The molecule has 1 heterocycles. The molecule has 23 heavy (non-hydrogen) atoms. The Hall–Kier alpha value is -2.17. The van der Waals surface area contributed by atoms with Crippen molar-refractivity contribution >= 4 is 5.91 Å². The summed E-state index contributed by atoms with van der Waals surface area (Å²) in [4.78, 5) is 12.5. The molecule has 0 aromatic heterocycles. The van der Waals surface area contributed by atoms with Gasteiger partial charge in [-0.3, -0.25) is 4.79 Å². The van der Waals surface area contributed by atoms with Crippen molar-refractivity contribution in [3.05, 3.63) is 71.8 Å². The predicted octanol–water partition coefficient (Wildman–Crippen LogP) is 1.29. The minimum Gasteiger partial charge on any atom is -0.390 e. The lowest BCUT2D eigenvalue weighted by Crippen LogP contribution is -2.46. The van der Waals surface area contributed by atoms with Gasteiger partial charge < -0.3 is 15.7 Å². The molecule has 1 saturated heterocycles.